The molecule has 1 atom stereocenters. The van der Waals surface area contributed by atoms with Gasteiger partial charge in [0.25, 0.3) is 0 Å². The second kappa shape index (κ2) is 3.51. The maximum absolute atomic E-state index is 10.1. The first-order valence-electron chi connectivity index (χ1n) is 1.86. The molecule has 3 nitrogen and oxygen atoms in total. The zero-order valence-corrected chi connectivity index (χ0v) is 5.14. The Morgan fingerprint density at radius 2 is 2.38 bits per heavy atom. The van der Waals surface area contributed by atoms with Crippen LogP contribution in [0.3, 0.4) is 0 Å². The number of carboxylic acid groups (broad SMARTS) is 1. The summed E-state index contributed by atoms with van der Waals surface area (Å²) in [5, 5.41) is 9.05. The number of hydrogen-bond donors (Lipinski definition) is 1. The highest BCUT2D eigenvalue weighted by Gasteiger charge is 1.89. The fourth-order valence-corrected chi connectivity index (χ4v) is 0.462. The second-order valence-electron chi connectivity index (χ2n) is 1.14. The van der Waals surface area contributed by atoms with Gasteiger partial charge in [-0.15, -0.1) is 0 Å². The second-order valence-corrected chi connectivity index (χ2v) is 2.41. The molecule has 0 aliphatic carbocycles. The van der Waals surface area contributed by atoms with E-state index >= 15 is 0 Å². The van der Waals surface area contributed by atoms with E-state index in [1.165, 1.54) is 6.26 Å². The van der Waals surface area contributed by atoms with Crippen LogP contribution in [0.15, 0.2) is 11.5 Å². The number of aliphatic carboxylic acids is 1. The fraction of sp³-hybridized carbons (Fsp3) is 0.250. The number of carbonyl (C=O) groups is 1. The minimum absolute atomic E-state index is 0.857. The SMILES string of the molecule is C[S+]([O-])/C=C/C(=O)O. The molecule has 0 saturated carbocycles. The van der Waals surface area contributed by atoms with Gasteiger partial charge in [0.05, 0.1) is 12.3 Å². The third-order valence-corrected chi connectivity index (χ3v) is 0.922. The van der Waals surface area contributed by atoms with E-state index in [0.29, 0.717) is 0 Å². The molecular weight excluding hydrogens is 128 g/mol. The zero-order valence-electron chi connectivity index (χ0n) is 4.33. The maximum Gasteiger partial charge on any atom is 0.332 e. The van der Waals surface area contributed by atoms with Gasteiger partial charge in [-0.1, -0.05) is 0 Å². The average Bonchev–Trinajstić information content (AvgIpc) is 1.61. The lowest BCUT2D eigenvalue weighted by Crippen LogP contribution is -1.92. The molecule has 0 amide bonds. The topological polar surface area (TPSA) is 60.4 Å². The molecule has 0 radical (unpaired) electrons. The van der Waals surface area contributed by atoms with Gasteiger partial charge in [-0.2, -0.15) is 0 Å². The Morgan fingerprint density at radius 1 is 1.88 bits per heavy atom. The fourth-order valence-electron chi connectivity index (χ4n) is 0.154. The summed E-state index contributed by atoms with van der Waals surface area (Å²) in [5.41, 5.74) is 0. The van der Waals surface area contributed by atoms with Crippen molar-refractivity contribution in [1.82, 2.24) is 0 Å². The molecular formula is C4H6O3S. The van der Waals surface area contributed by atoms with Gasteiger partial charge < -0.3 is 9.66 Å². The van der Waals surface area contributed by atoms with Gasteiger partial charge in [0, 0.05) is 0 Å². The normalized spacial score (nSPS) is 14.2. The van der Waals surface area contributed by atoms with Crippen molar-refractivity contribution in [3.05, 3.63) is 11.5 Å². The van der Waals surface area contributed by atoms with Gasteiger partial charge >= 0.3 is 5.97 Å². The molecule has 0 bridgehead atoms. The molecule has 0 fully saturated rings. The molecule has 0 aromatic heterocycles. The van der Waals surface area contributed by atoms with Crippen molar-refractivity contribution in [3.63, 3.8) is 0 Å². The van der Waals surface area contributed by atoms with Crippen molar-refractivity contribution in [2.75, 3.05) is 6.26 Å². The average molecular weight is 134 g/mol. The summed E-state index contributed by atoms with van der Waals surface area (Å²) in [7, 11) is 0. The minimum atomic E-state index is -1.15. The summed E-state index contributed by atoms with van der Waals surface area (Å²) in [6.45, 7) is 0. The summed E-state index contributed by atoms with van der Waals surface area (Å²) >= 11 is -1.15. The van der Waals surface area contributed by atoms with Gasteiger partial charge in [0.1, 0.15) is 5.41 Å². The highest BCUT2D eigenvalue weighted by Crippen LogP contribution is 1.83. The molecule has 0 aliphatic heterocycles. The standard InChI is InChI=1S/C4H6O3S/c1-8(7)3-2-4(5)6/h2-3H,1H3,(H,5,6)/b3-2+. The van der Waals surface area contributed by atoms with Crippen molar-refractivity contribution in [2.24, 2.45) is 0 Å². The van der Waals surface area contributed by atoms with Crippen LogP contribution in [0.4, 0.5) is 0 Å². The van der Waals surface area contributed by atoms with Crippen LogP contribution in [-0.4, -0.2) is 21.9 Å². The van der Waals surface area contributed by atoms with Gasteiger partial charge in [-0.05, 0) is 11.2 Å². The van der Waals surface area contributed by atoms with Crippen molar-refractivity contribution in [3.8, 4) is 0 Å². The van der Waals surface area contributed by atoms with Crippen LogP contribution in [0, 0.1) is 0 Å². The maximum atomic E-state index is 10.1. The molecule has 0 aromatic carbocycles. The predicted molar refractivity (Wildman–Crippen MR) is 30.8 cm³/mol. The highest BCUT2D eigenvalue weighted by molar-refractivity contribution is 7.93. The first-order valence-corrected chi connectivity index (χ1v) is 3.48. The molecule has 0 aliphatic rings. The summed E-state index contributed by atoms with van der Waals surface area (Å²) in [5.74, 6) is -1.07. The summed E-state index contributed by atoms with van der Waals surface area (Å²) in [6, 6.07) is 0. The van der Waals surface area contributed by atoms with E-state index in [9.17, 15) is 9.35 Å². The van der Waals surface area contributed by atoms with E-state index in [1.54, 1.807) is 0 Å². The molecule has 0 aromatic rings. The van der Waals surface area contributed by atoms with Crippen LogP contribution in [0.1, 0.15) is 0 Å². The van der Waals surface area contributed by atoms with Crippen LogP contribution in [-0.2, 0) is 16.0 Å². The van der Waals surface area contributed by atoms with Crippen molar-refractivity contribution in [1.29, 1.82) is 0 Å². The van der Waals surface area contributed by atoms with E-state index < -0.39 is 17.1 Å². The van der Waals surface area contributed by atoms with Gasteiger partial charge in [-0.3, -0.25) is 0 Å². The number of hydrogen-bond acceptors (Lipinski definition) is 2. The lowest BCUT2D eigenvalue weighted by Gasteiger charge is -1.91. The minimum Gasteiger partial charge on any atom is -0.612 e. The Labute approximate surface area is 50.2 Å². The molecule has 0 spiro atoms. The van der Waals surface area contributed by atoms with Crippen LogP contribution < -0.4 is 0 Å². The molecule has 0 rings (SSSR count). The first kappa shape index (κ1) is 7.52. The van der Waals surface area contributed by atoms with Gasteiger partial charge in [-0.25, -0.2) is 4.79 Å². The molecule has 1 N–H and O–H groups in total. The van der Waals surface area contributed by atoms with E-state index in [1.807, 2.05) is 0 Å². The van der Waals surface area contributed by atoms with E-state index in [0.717, 1.165) is 11.5 Å². The van der Waals surface area contributed by atoms with E-state index in [-0.39, 0.29) is 0 Å². The summed E-state index contributed by atoms with van der Waals surface area (Å²) in [6.07, 6.45) is 2.26. The Balaban J connectivity index is 3.50. The largest absolute Gasteiger partial charge is 0.612 e. The monoisotopic (exact) mass is 134 g/mol. The third-order valence-electron chi connectivity index (χ3n) is 0.402. The zero-order chi connectivity index (χ0) is 6.57. The number of carboxylic acids is 1. The first-order chi connectivity index (χ1) is 3.63. The lowest BCUT2D eigenvalue weighted by molar-refractivity contribution is -0.131. The lowest BCUT2D eigenvalue weighted by atomic mass is 10.7. The Kier molecular flexibility index (Phi) is 3.30. The number of rotatable bonds is 2. The Morgan fingerprint density at radius 3 is 2.50 bits per heavy atom. The van der Waals surface area contributed by atoms with Crippen LogP contribution in [0.5, 0.6) is 0 Å². The van der Waals surface area contributed by atoms with Gasteiger partial charge in [0.15, 0.2) is 0 Å². The molecule has 4 heteroatoms. The van der Waals surface area contributed by atoms with Crippen molar-refractivity contribution in [2.45, 2.75) is 0 Å². The van der Waals surface area contributed by atoms with Crippen LogP contribution >= 0.6 is 0 Å². The van der Waals surface area contributed by atoms with Gasteiger partial charge in [0.2, 0.25) is 0 Å². The smallest absolute Gasteiger partial charge is 0.332 e. The molecule has 0 saturated heterocycles. The summed E-state index contributed by atoms with van der Waals surface area (Å²) < 4.78 is 10.1. The molecule has 1 unspecified atom stereocenters. The Hall–Kier alpha value is -0.480. The van der Waals surface area contributed by atoms with Crippen molar-refractivity contribution >= 4 is 17.1 Å². The summed E-state index contributed by atoms with van der Waals surface area (Å²) in [4.78, 5) is 9.68. The Bertz CT molecular complexity index is 108. The van der Waals surface area contributed by atoms with Crippen LogP contribution in [0.25, 0.3) is 0 Å². The molecule has 8 heavy (non-hydrogen) atoms. The highest BCUT2D eigenvalue weighted by atomic mass is 32.2. The molecule has 0 heterocycles. The third kappa shape index (κ3) is 5.52. The van der Waals surface area contributed by atoms with E-state index in [4.69, 9.17) is 5.11 Å². The van der Waals surface area contributed by atoms with Crippen LogP contribution in [0.2, 0.25) is 0 Å². The van der Waals surface area contributed by atoms with Crippen molar-refractivity contribution < 1.29 is 14.5 Å². The van der Waals surface area contributed by atoms with E-state index in [2.05, 4.69) is 0 Å². The quantitative estimate of drug-likeness (QED) is 0.426. The molecule has 46 valence electrons. The predicted octanol–water partition coefficient (Wildman–Crippen LogP) is -0.0368.